The van der Waals surface area contributed by atoms with Crippen LogP contribution in [0.15, 0.2) is 6.07 Å². The van der Waals surface area contributed by atoms with E-state index in [1.807, 2.05) is 13.8 Å². The predicted molar refractivity (Wildman–Crippen MR) is 81.0 cm³/mol. The number of ether oxygens (including phenoxy) is 1. The number of nitrogens with zero attached hydrogens (tertiary/aromatic N) is 2. The van der Waals surface area contributed by atoms with E-state index in [9.17, 15) is 0 Å². The maximum absolute atomic E-state index is 5.59. The highest BCUT2D eigenvalue weighted by Crippen LogP contribution is 2.30. The van der Waals surface area contributed by atoms with Crippen LogP contribution >= 0.6 is 11.3 Å². The molecule has 0 radical (unpaired) electrons. The molecule has 1 N–H and O–H groups in total. The SMILES string of the molecule is CCCNc1nc(C(C)OCC)nc2sc(C)cc12. The normalized spacial score (nSPS) is 12.8. The van der Waals surface area contributed by atoms with Crippen LogP contribution in [-0.2, 0) is 4.74 Å². The van der Waals surface area contributed by atoms with Crippen molar-refractivity contribution in [2.45, 2.75) is 40.2 Å². The second-order valence-electron chi connectivity index (χ2n) is 4.53. The van der Waals surface area contributed by atoms with Gasteiger partial charge in [-0.1, -0.05) is 6.92 Å². The van der Waals surface area contributed by atoms with Gasteiger partial charge in [0.25, 0.3) is 0 Å². The highest BCUT2D eigenvalue weighted by atomic mass is 32.1. The topological polar surface area (TPSA) is 47.0 Å². The lowest BCUT2D eigenvalue weighted by Crippen LogP contribution is -2.09. The molecule has 0 spiro atoms. The zero-order valence-electron chi connectivity index (χ0n) is 12.0. The van der Waals surface area contributed by atoms with Crippen LogP contribution in [0.25, 0.3) is 10.2 Å². The quantitative estimate of drug-likeness (QED) is 0.870. The highest BCUT2D eigenvalue weighted by Gasteiger charge is 2.14. The maximum Gasteiger partial charge on any atom is 0.160 e. The highest BCUT2D eigenvalue weighted by molar-refractivity contribution is 7.18. The summed E-state index contributed by atoms with van der Waals surface area (Å²) in [5.74, 6) is 1.69. The molecule has 2 aromatic heterocycles. The minimum absolute atomic E-state index is 0.0704. The Balaban J connectivity index is 2.43. The molecule has 4 nitrogen and oxygen atoms in total. The molecule has 2 heterocycles. The summed E-state index contributed by atoms with van der Waals surface area (Å²) in [4.78, 5) is 11.5. The van der Waals surface area contributed by atoms with Crippen LogP contribution in [0.4, 0.5) is 5.82 Å². The summed E-state index contributed by atoms with van der Waals surface area (Å²) in [5, 5.41) is 4.50. The number of aromatic nitrogens is 2. The van der Waals surface area contributed by atoms with E-state index < -0.39 is 0 Å². The Morgan fingerprint density at radius 3 is 2.84 bits per heavy atom. The second kappa shape index (κ2) is 6.30. The van der Waals surface area contributed by atoms with E-state index in [1.54, 1.807) is 11.3 Å². The number of aryl methyl sites for hydroxylation is 1. The standard InChI is InChI=1S/C14H21N3OS/c1-5-7-15-13-11-8-9(3)19-14(11)17-12(16-13)10(4)18-6-2/h8,10H,5-7H2,1-4H3,(H,15,16,17). The lowest BCUT2D eigenvalue weighted by molar-refractivity contribution is 0.0704. The van der Waals surface area contributed by atoms with Gasteiger partial charge in [0.2, 0.25) is 0 Å². The molecule has 1 atom stereocenters. The molecule has 1 unspecified atom stereocenters. The summed E-state index contributed by atoms with van der Waals surface area (Å²) in [6, 6.07) is 2.15. The van der Waals surface area contributed by atoms with E-state index in [1.165, 1.54) is 4.88 Å². The van der Waals surface area contributed by atoms with Gasteiger partial charge in [-0.3, -0.25) is 0 Å². The van der Waals surface area contributed by atoms with Crippen molar-refractivity contribution in [3.05, 3.63) is 16.8 Å². The Morgan fingerprint density at radius 2 is 2.16 bits per heavy atom. The van der Waals surface area contributed by atoms with Crippen molar-refractivity contribution in [2.75, 3.05) is 18.5 Å². The summed E-state index contributed by atoms with van der Waals surface area (Å²) in [6.07, 6.45) is 1.00. The molecule has 0 bridgehead atoms. The molecule has 0 saturated heterocycles. The molecule has 5 heteroatoms. The summed E-state index contributed by atoms with van der Waals surface area (Å²) in [5.41, 5.74) is 0. The average molecular weight is 279 g/mol. The lowest BCUT2D eigenvalue weighted by atomic mass is 10.3. The molecule has 0 saturated carbocycles. The fourth-order valence-electron chi connectivity index (χ4n) is 1.94. The van der Waals surface area contributed by atoms with Gasteiger partial charge in [0.1, 0.15) is 16.8 Å². The van der Waals surface area contributed by atoms with Crippen LogP contribution in [0.5, 0.6) is 0 Å². The van der Waals surface area contributed by atoms with Gasteiger partial charge in [0, 0.05) is 18.0 Å². The predicted octanol–water partition coefficient (Wildman–Crippen LogP) is 3.92. The van der Waals surface area contributed by atoms with Crippen molar-refractivity contribution in [2.24, 2.45) is 0 Å². The molecule has 0 amide bonds. The number of nitrogens with one attached hydrogen (secondary N) is 1. The molecule has 2 aromatic rings. The van der Waals surface area contributed by atoms with E-state index in [0.29, 0.717) is 6.61 Å². The molecular formula is C14H21N3OS. The van der Waals surface area contributed by atoms with Crippen molar-refractivity contribution >= 4 is 27.4 Å². The van der Waals surface area contributed by atoms with E-state index in [0.717, 1.165) is 34.8 Å². The fraction of sp³-hybridized carbons (Fsp3) is 0.571. The number of hydrogen-bond acceptors (Lipinski definition) is 5. The lowest BCUT2D eigenvalue weighted by Gasteiger charge is -2.12. The fourth-order valence-corrected chi connectivity index (χ4v) is 2.83. The van der Waals surface area contributed by atoms with Crippen LogP contribution in [0.1, 0.15) is 44.0 Å². The number of anilines is 1. The van der Waals surface area contributed by atoms with Gasteiger partial charge in [-0.25, -0.2) is 9.97 Å². The molecule has 0 aliphatic carbocycles. The van der Waals surface area contributed by atoms with Crippen molar-refractivity contribution in [1.82, 2.24) is 9.97 Å². The van der Waals surface area contributed by atoms with Crippen molar-refractivity contribution in [1.29, 1.82) is 0 Å². The second-order valence-corrected chi connectivity index (χ2v) is 5.77. The van der Waals surface area contributed by atoms with Gasteiger partial charge >= 0.3 is 0 Å². The third-order valence-corrected chi connectivity index (χ3v) is 3.80. The Labute approximate surface area is 118 Å². The zero-order chi connectivity index (χ0) is 13.8. The van der Waals surface area contributed by atoms with Gasteiger partial charge in [-0.2, -0.15) is 0 Å². The summed E-state index contributed by atoms with van der Waals surface area (Å²) in [7, 11) is 0. The molecule has 2 rings (SSSR count). The first-order valence-electron chi connectivity index (χ1n) is 6.79. The minimum Gasteiger partial charge on any atom is -0.371 e. The van der Waals surface area contributed by atoms with Crippen LogP contribution in [-0.4, -0.2) is 23.1 Å². The van der Waals surface area contributed by atoms with E-state index >= 15 is 0 Å². The Kier molecular flexibility index (Phi) is 4.71. The van der Waals surface area contributed by atoms with E-state index in [4.69, 9.17) is 4.74 Å². The minimum atomic E-state index is -0.0704. The number of fused-ring (bicyclic) bond motifs is 1. The third kappa shape index (κ3) is 3.22. The first kappa shape index (κ1) is 14.2. The van der Waals surface area contributed by atoms with Gasteiger partial charge in [-0.15, -0.1) is 11.3 Å². The maximum atomic E-state index is 5.59. The molecule has 0 fully saturated rings. The monoisotopic (exact) mass is 279 g/mol. The molecule has 104 valence electrons. The molecule has 0 aromatic carbocycles. The number of rotatable bonds is 6. The summed E-state index contributed by atoms with van der Waals surface area (Å²) in [6.45, 7) is 9.82. The third-order valence-electron chi connectivity index (χ3n) is 2.86. The van der Waals surface area contributed by atoms with E-state index in [2.05, 4.69) is 35.2 Å². The van der Waals surface area contributed by atoms with Gasteiger partial charge in [0.05, 0.1) is 5.39 Å². The van der Waals surface area contributed by atoms with Crippen LogP contribution in [0.3, 0.4) is 0 Å². The smallest absolute Gasteiger partial charge is 0.160 e. The summed E-state index contributed by atoms with van der Waals surface area (Å²) < 4.78 is 5.59. The van der Waals surface area contributed by atoms with Crippen LogP contribution < -0.4 is 5.32 Å². The van der Waals surface area contributed by atoms with Crippen molar-refractivity contribution in [3.8, 4) is 0 Å². The first-order valence-corrected chi connectivity index (χ1v) is 7.60. The summed E-state index contributed by atoms with van der Waals surface area (Å²) >= 11 is 1.70. The zero-order valence-corrected chi connectivity index (χ0v) is 12.8. The number of thiophene rings is 1. The Morgan fingerprint density at radius 1 is 1.37 bits per heavy atom. The van der Waals surface area contributed by atoms with Gasteiger partial charge < -0.3 is 10.1 Å². The van der Waals surface area contributed by atoms with Crippen molar-refractivity contribution < 1.29 is 4.74 Å². The van der Waals surface area contributed by atoms with Crippen LogP contribution in [0, 0.1) is 6.92 Å². The van der Waals surface area contributed by atoms with Gasteiger partial charge in [0.15, 0.2) is 5.82 Å². The van der Waals surface area contributed by atoms with Gasteiger partial charge in [-0.05, 0) is 33.3 Å². The molecule has 0 aliphatic rings. The molecule has 19 heavy (non-hydrogen) atoms. The average Bonchev–Trinajstić information content (AvgIpc) is 2.76. The van der Waals surface area contributed by atoms with Crippen molar-refractivity contribution in [3.63, 3.8) is 0 Å². The first-order chi connectivity index (χ1) is 9.15. The molecule has 0 aliphatic heterocycles. The van der Waals surface area contributed by atoms with E-state index in [-0.39, 0.29) is 6.10 Å². The number of hydrogen-bond donors (Lipinski definition) is 1. The Bertz CT molecular complexity index is 553. The molecular weight excluding hydrogens is 258 g/mol. The largest absolute Gasteiger partial charge is 0.371 e. The van der Waals surface area contributed by atoms with Crippen LogP contribution in [0.2, 0.25) is 0 Å². The Hall–Kier alpha value is -1.20.